The molecule has 0 aliphatic carbocycles. The van der Waals surface area contributed by atoms with Crippen LogP contribution in [0.25, 0.3) is 22.1 Å². The lowest BCUT2D eigenvalue weighted by atomic mass is 10.0. The molecule has 0 aliphatic rings. The van der Waals surface area contributed by atoms with Crippen LogP contribution in [-0.2, 0) is 4.74 Å². The summed E-state index contributed by atoms with van der Waals surface area (Å²) in [6.45, 7) is -0.473. The van der Waals surface area contributed by atoms with Gasteiger partial charge in [0.25, 0.3) is 0 Å². The topological polar surface area (TPSA) is 73.6 Å². The Morgan fingerprint density at radius 3 is 2.30 bits per heavy atom. The molecular formula is C24H15BrO5. The summed E-state index contributed by atoms with van der Waals surface area (Å²) in [5, 5.41) is 0.568. The van der Waals surface area contributed by atoms with Crippen LogP contribution < -0.4 is 5.63 Å². The molecule has 6 heteroatoms. The summed E-state index contributed by atoms with van der Waals surface area (Å²) in [4.78, 5) is 36.8. The highest BCUT2D eigenvalue weighted by Gasteiger charge is 2.17. The molecule has 148 valence electrons. The van der Waals surface area contributed by atoms with Crippen LogP contribution in [-0.4, -0.2) is 18.4 Å². The molecule has 0 unspecified atom stereocenters. The van der Waals surface area contributed by atoms with Crippen molar-refractivity contribution in [3.8, 4) is 11.1 Å². The number of halogens is 1. The third-order valence-corrected chi connectivity index (χ3v) is 5.06. The summed E-state index contributed by atoms with van der Waals surface area (Å²) < 4.78 is 11.0. The van der Waals surface area contributed by atoms with E-state index in [-0.39, 0.29) is 11.3 Å². The Balaban J connectivity index is 1.46. The first-order valence-corrected chi connectivity index (χ1v) is 9.90. The Bertz CT molecular complexity index is 1290. The summed E-state index contributed by atoms with van der Waals surface area (Å²) in [6, 6.07) is 23.3. The van der Waals surface area contributed by atoms with Crippen molar-refractivity contribution < 1.29 is 18.7 Å². The quantitative estimate of drug-likeness (QED) is 0.229. The number of esters is 1. The smallest absolute Gasteiger partial charge is 0.351 e. The first kappa shape index (κ1) is 19.8. The zero-order valence-corrected chi connectivity index (χ0v) is 17.2. The van der Waals surface area contributed by atoms with Crippen molar-refractivity contribution in [2.45, 2.75) is 0 Å². The van der Waals surface area contributed by atoms with Gasteiger partial charge in [-0.1, -0.05) is 70.5 Å². The number of ether oxygens (including phenoxy) is 1. The monoisotopic (exact) mass is 462 g/mol. The molecule has 0 aliphatic heterocycles. The van der Waals surface area contributed by atoms with E-state index in [0.717, 1.165) is 15.6 Å². The van der Waals surface area contributed by atoms with Gasteiger partial charge in [0.05, 0.1) is 0 Å². The summed E-state index contributed by atoms with van der Waals surface area (Å²) >= 11 is 3.33. The van der Waals surface area contributed by atoms with Gasteiger partial charge in [-0.05, 0) is 35.4 Å². The number of ketones is 1. The SMILES string of the molecule is O=C(COC(=O)c1cc2cc(Br)ccc2oc1=O)c1ccc(-c2ccccc2)cc1. The number of carbonyl (C=O) groups excluding carboxylic acids is 2. The zero-order valence-electron chi connectivity index (χ0n) is 15.6. The molecule has 0 atom stereocenters. The van der Waals surface area contributed by atoms with E-state index in [2.05, 4.69) is 15.9 Å². The third kappa shape index (κ3) is 4.23. The number of carbonyl (C=O) groups is 2. The summed E-state index contributed by atoms with van der Waals surface area (Å²) in [5.41, 5.74) is 1.72. The van der Waals surface area contributed by atoms with Crippen LogP contribution in [0, 0.1) is 0 Å². The number of Topliss-reactive ketones (excluding diaryl/α,β-unsaturated/α-hetero) is 1. The molecular weight excluding hydrogens is 448 g/mol. The number of hydrogen-bond acceptors (Lipinski definition) is 5. The second-order valence-corrected chi connectivity index (χ2v) is 7.49. The van der Waals surface area contributed by atoms with Gasteiger partial charge in [-0.3, -0.25) is 4.79 Å². The average molecular weight is 463 g/mol. The molecule has 4 aromatic rings. The zero-order chi connectivity index (χ0) is 21.1. The lowest BCUT2D eigenvalue weighted by Gasteiger charge is -2.06. The van der Waals surface area contributed by atoms with Gasteiger partial charge >= 0.3 is 11.6 Å². The minimum atomic E-state index is -0.903. The van der Waals surface area contributed by atoms with Gasteiger partial charge < -0.3 is 9.15 Å². The van der Waals surface area contributed by atoms with E-state index >= 15 is 0 Å². The van der Waals surface area contributed by atoms with Gasteiger partial charge in [-0.25, -0.2) is 9.59 Å². The minimum Gasteiger partial charge on any atom is -0.453 e. The molecule has 30 heavy (non-hydrogen) atoms. The highest BCUT2D eigenvalue weighted by Crippen LogP contribution is 2.21. The Hall–Kier alpha value is -3.51. The highest BCUT2D eigenvalue weighted by molar-refractivity contribution is 9.10. The van der Waals surface area contributed by atoms with Gasteiger partial charge in [-0.15, -0.1) is 0 Å². The van der Waals surface area contributed by atoms with Gasteiger partial charge in [0, 0.05) is 15.4 Å². The Morgan fingerprint density at radius 1 is 0.867 bits per heavy atom. The van der Waals surface area contributed by atoms with Crippen LogP contribution >= 0.6 is 15.9 Å². The molecule has 0 fully saturated rings. The van der Waals surface area contributed by atoms with E-state index in [9.17, 15) is 14.4 Å². The standard InChI is InChI=1S/C24H15BrO5/c25-19-10-11-22-18(12-19)13-20(24(28)30-22)23(27)29-14-21(26)17-8-6-16(7-9-17)15-4-2-1-3-5-15/h1-13H,14H2. The maximum atomic E-state index is 12.4. The van der Waals surface area contributed by atoms with Crippen LogP contribution in [0.4, 0.5) is 0 Å². The lowest BCUT2D eigenvalue weighted by Crippen LogP contribution is -2.20. The number of rotatable bonds is 5. The van der Waals surface area contributed by atoms with Crippen LogP contribution in [0.1, 0.15) is 20.7 Å². The van der Waals surface area contributed by atoms with Crippen molar-refractivity contribution in [3.63, 3.8) is 0 Å². The Kier molecular flexibility index (Phi) is 5.59. The number of hydrogen-bond donors (Lipinski definition) is 0. The van der Waals surface area contributed by atoms with Crippen molar-refractivity contribution >= 4 is 38.7 Å². The molecule has 0 saturated heterocycles. The maximum Gasteiger partial charge on any atom is 0.351 e. The number of fused-ring (bicyclic) bond motifs is 1. The highest BCUT2D eigenvalue weighted by atomic mass is 79.9. The number of benzene rings is 3. The van der Waals surface area contributed by atoms with E-state index in [0.29, 0.717) is 16.5 Å². The molecule has 0 amide bonds. The van der Waals surface area contributed by atoms with Gasteiger partial charge in [0.1, 0.15) is 11.1 Å². The van der Waals surface area contributed by atoms with Crippen LogP contribution in [0.2, 0.25) is 0 Å². The molecule has 1 heterocycles. The minimum absolute atomic E-state index is 0.257. The van der Waals surface area contributed by atoms with Gasteiger partial charge in [0.15, 0.2) is 12.4 Å². The van der Waals surface area contributed by atoms with E-state index in [1.54, 1.807) is 30.3 Å². The fraction of sp³-hybridized carbons (Fsp3) is 0.0417. The second kappa shape index (κ2) is 8.47. The van der Waals surface area contributed by atoms with E-state index in [1.807, 2.05) is 42.5 Å². The van der Waals surface area contributed by atoms with Crippen molar-refractivity contribution in [1.82, 2.24) is 0 Å². The van der Waals surface area contributed by atoms with Crippen molar-refractivity contribution in [3.05, 3.63) is 105 Å². The summed E-state index contributed by atoms with van der Waals surface area (Å²) in [5.74, 6) is -1.27. The lowest BCUT2D eigenvalue weighted by molar-refractivity contribution is 0.0471. The van der Waals surface area contributed by atoms with Gasteiger partial charge in [-0.2, -0.15) is 0 Å². The van der Waals surface area contributed by atoms with Gasteiger partial charge in [0.2, 0.25) is 0 Å². The first-order valence-electron chi connectivity index (χ1n) is 9.10. The van der Waals surface area contributed by atoms with Crippen LogP contribution in [0.3, 0.4) is 0 Å². The van der Waals surface area contributed by atoms with E-state index < -0.39 is 18.2 Å². The molecule has 0 N–H and O–H groups in total. The molecule has 0 spiro atoms. The first-order chi connectivity index (χ1) is 14.5. The third-order valence-electron chi connectivity index (χ3n) is 4.56. The molecule has 0 bridgehead atoms. The van der Waals surface area contributed by atoms with Crippen LogP contribution in [0.5, 0.6) is 0 Å². The fourth-order valence-electron chi connectivity index (χ4n) is 3.01. The van der Waals surface area contributed by atoms with E-state index in [1.165, 1.54) is 6.07 Å². The summed E-state index contributed by atoms with van der Waals surface area (Å²) in [6.07, 6.45) is 0. The fourth-order valence-corrected chi connectivity index (χ4v) is 3.39. The predicted octanol–water partition coefficient (Wildman–Crippen LogP) is 5.26. The van der Waals surface area contributed by atoms with Crippen molar-refractivity contribution in [2.24, 2.45) is 0 Å². The molecule has 3 aromatic carbocycles. The second-order valence-electron chi connectivity index (χ2n) is 6.57. The van der Waals surface area contributed by atoms with Crippen molar-refractivity contribution in [1.29, 1.82) is 0 Å². The molecule has 5 nitrogen and oxygen atoms in total. The molecule has 0 radical (unpaired) electrons. The Morgan fingerprint density at radius 2 is 1.57 bits per heavy atom. The summed E-state index contributed by atoms with van der Waals surface area (Å²) in [7, 11) is 0. The Labute approximate surface area is 180 Å². The van der Waals surface area contributed by atoms with Crippen molar-refractivity contribution in [2.75, 3.05) is 6.61 Å². The van der Waals surface area contributed by atoms with Crippen LogP contribution in [0.15, 0.2) is 92.5 Å². The maximum absolute atomic E-state index is 12.4. The van der Waals surface area contributed by atoms with E-state index in [4.69, 9.17) is 9.15 Å². The average Bonchev–Trinajstić information content (AvgIpc) is 2.77. The molecule has 0 saturated carbocycles. The molecule has 4 rings (SSSR count). The molecule has 1 aromatic heterocycles. The normalized spacial score (nSPS) is 10.7. The predicted molar refractivity (Wildman–Crippen MR) is 117 cm³/mol. The largest absolute Gasteiger partial charge is 0.453 e.